The van der Waals surface area contributed by atoms with Gasteiger partial charge in [-0.15, -0.1) is 0 Å². The molecule has 1 saturated heterocycles. The number of esters is 1. The fraction of sp³-hybridized carbons (Fsp3) is 0.739. The maximum Gasteiger partial charge on any atom is 0.306 e. The molecule has 1 fully saturated rings. The van der Waals surface area contributed by atoms with Crippen LogP contribution in [0.3, 0.4) is 0 Å². The lowest BCUT2D eigenvalue weighted by Crippen LogP contribution is -2.47. The minimum atomic E-state index is -0.163. The predicted octanol–water partition coefficient (Wildman–Crippen LogP) is 1.16. The predicted molar refractivity (Wildman–Crippen MR) is 136 cm³/mol. The number of hydrogen-bond acceptors (Lipinski definition) is 10. The van der Waals surface area contributed by atoms with E-state index in [2.05, 4.69) is 45.1 Å². The Labute approximate surface area is 204 Å². The van der Waals surface area contributed by atoms with Crippen molar-refractivity contribution in [2.24, 2.45) is 20.7 Å². The molecule has 0 aliphatic carbocycles. The van der Waals surface area contributed by atoms with E-state index in [1.54, 1.807) is 7.11 Å². The van der Waals surface area contributed by atoms with Gasteiger partial charge in [-0.1, -0.05) is 13.3 Å². The van der Waals surface area contributed by atoms with Gasteiger partial charge in [-0.2, -0.15) is 0 Å². The molecule has 2 N–H and O–H groups in total. The van der Waals surface area contributed by atoms with Crippen LogP contribution in [-0.2, 0) is 19.0 Å². The minimum absolute atomic E-state index is 0.158. The van der Waals surface area contributed by atoms with Crippen LogP contribution in [0.25, 0.3) is 0 Å². The fourth-order valence-corrected chi connectivity index (χ4v) is 3.55. The summed E-state index contributed by atoms with van der Waals surface area (Å²) in [6, 6.07) is 0. The fourth-order valence-electron chi connectivity index (χ4n) is 3.55. The van der Waals surface area contributed by atoms with E-state index in [9.17, 15) is 4.79 Å². The molecule has 0 atom stereocenters. The van der Waals surface area contributed by atoms with Crippen LogP contribution in [0.15, 0.2) is 26.5 Å². The Morgan fingerprint density at radius 1 is 1.06 bits per heavy atom. The Morgan fingerprint density at radius 2 is 1.74 bits per heavy atom. The molecule has 0 amide bonds. The van der Waals surface area contributed by atoms with Gasteiger partial charge < -0.3 is 34.6 Å². The molecule has 1 aliphatic rings. The van der Waals surface area contributed by atoms with E-state index in [0.717, 1.165) is 58.5 Å². The minimum Gasteiger partial charge on any atom is -0.469 e. The van der Waals surface area contributed by atoms with Gasteiger partial charge in [-0.3, -0.25) is 9.79 Å². The maximum absolute atomic E-state index is 11.3. The van der Waals surface area contributed by atoms with Gasteiger partial charge in [0.25, 0.3) is 0 Å². The third-order valence-corrected chi connectivity index (χ3v) is 5.54. The average molecular weight is 482 g/mol. The Morgan fingerprint density at radius 3 is 2.29 bits per heavy atom. The first kappa shape index (κ1) is 29.7. The van der Waals surface area contributed by atoms with Gasteiger partial charge >= 0.3 is 5.97 Å². The number of nitrogens with two attached hydrogens (primary N) is 1. The Balaban J connectivity index is 2.62. The third kappa shape index (κ3) is 11.2. The average Bonchev–Trinajstić information content (AvgIpc) is 2.85. The summed E-state index contributed by atoms with van der Waals surface area (Å²) in [5, 5.41) is 0. The molecule has 0 aromatic carbocycles. The normalized spacial score (nSPS) is 16.1. The second-order valence-corrected chi connectivity index (χ2v) is 7.97. The molecule has 1 aliphatic heterocycles. The molecule has 0 spiro atoms. The van der Waals surface area contributed by atoms with Crippen molar-refractivity contribution in [3.05, 3.63) is 11.5 Å². The monoisotopic (exact) mass is 481 g/mol. The largest absolute Gasteiger partial charge is 0.469 e. The van der Waals surface area contributed by atoms with Gasteiger partial charge in [0.15, 0.2) is 11.7 Å². The summed E-state index contributed by atoms with van der Waals surface area (Å²) in [7, 11) is 3.05. The molecule has 0 radical (unpaired) electrons. The standard InChI is InChI=1S/C23H43N7O4/c1-6-7-17-34-18-27-22(24)21(25-2)23(26-3)30(19-32-4)11-8-10-28-13-15-29(16-14-28)12-9-20(31)33-5/h2-3,6-19H2,1,4-5H3,(H2,24,27)/b23-21-. The van der Waals surface area contributed by atoms with Crippen molar-refractivity contribution < 1.29 is 19.0 Å². The molecular weight excluding hydrogens is 438 g/mol. The highest BCUT2D eigenvalue weighted by molar-refractivity contribution is 5.97. The first-order chi connectivity index (χ1) is 16.5. The van der Waals surface area contributed by atoms with Crippen LogP contribution in [0.2, 0.25) is 0 Å². The summed E-state index contributed by atoms with van der Waals surface area (Å²) >= 11 is 0. The molecule has 0 aromatic heterocycles. The van der Waals surface area contributed by atoms with Crippen LogP contribution in [-0.4, -0.2) is 120 Å². The lowest BCUT2D eigenvalue weighted by molar-refractivity contribution is -0.141. The first-order valence-electron chi connectivity index (χ1n) is 11.8. The van der Waals surface area contributed by atoms with Gasteiger partial charge in [-0.05, 0) is 32.8 Å². The number of methoxy groups -OCH3 is 2. The van der Waals surface area contributed by atoms with Gasteiger partial charge in [0.2, 0.25) is 0 Å². The van der Waals surface area contributed by atoms with Gasteiger partial charge in [0, 0.05) is 53.0 Å². The molecular formula is C23H43N7O4. The quantitative estimate of drug-likeness (QED) is 0.102. The number of aliphatic imine (C=N–C) groups is 3. The zero-order chi connectivity index (χ0) is 25.2. The topological polar surface area (TPSA) is 118 Å². The van der Waals surface area contributed by atoms with Gasteiger partial charge in [-0.25, -0.2) is 9.98 Å². The Hall–Kier alpha value is -2.34. The molecule has 0 bridgehead atoms. The number of hydrogen-bond donors (Lipinski definition) is 1. The van der Waals surface area contributed by atoms with Crippen molar-refractivity contribution in [3.8, 4) is 0 Å². The van der Waals surface area contributed by atoms with Crippen LogP contribution in [0.4, 0.5) is 0 Å². The van der Waals surface area contributed by atoms with E-state index in [1.807, 2.05) is 4.90 Å². The van der Waals surface area contributed by atoms with Crippen LogP contribution in [0.1, 0.15) is 32.6 Å². The second-order valence-electron chi connectivity index (χ2n) is 7.97. The van der Waals surface area contributed by atoms with E-state index in [0.29, 0.717) is 37.8 Å². The summed E-state index contributed by atoms with van der Waals surface area (Å²) in [6.45, 7) is 16.7. The maximum atomic E-state index is 11.3. The number of piperazine rings is 1. The molecule has 34 heavy (non-hydrogen) atoms. The van der Waals surface area contributed by atoms with Crippen molar-refractivity contribution >= 4 is 25.2 Å². The highest BCUT2D eigenvalue weighted by Gasteiger charge is 2.19. The summed E-state index contributed by atoms with van der Waals surface area (Å²) in [5.74, 6) is 0.529. The number of ether oxygens (including phenoxy) is 3. The zero-order valence-corrected chi connectivity index (χ0v) is 21.2. The summed E-state index contributed by atoms with van der Waals surface area (Å²) in [4.78, 5) is 30.5. The molecule has 194 valence electrons. The Kier molecular flexibility index (Phi) is 15.8. The van der Waals surface area contributed by atoms with Gasteiger partial charge in [0.05, 0.1) is 13.5 Å². The van der Waals surface area contributed by atoms with E-state index >= 15 is 0 Å². The molecule has 11 heteroatoms. The smallest absolute Gasteiger partial charge is 0.306 e. The van der Waals surface area contributed by atoms with E-state index < -0.39 is 0 Å². The zero-order valence-electron chi connectivity index (χ0n) is 21.2. The van der Waals surface area contributed by atoms with Crippen LogP contribution < -0.4 is 5.73 Å². The van der Waals surface area contributed by atoms with Crippen molar-refractivity contribution in [2.45, 2.75) is 32.6 Å². The highest BCUT2D eigenvalue weighted by atomic mass is 16.5. The molecule has 11 nitrogen and oxygen atoms in total. The lowest BCUT2D eigenvalue weighted by Gasteiger charge is -2.35. The number of unbranched alkanes of at least 4 members (excludes halogenated alkanes) is 1. The summed E-state index contributed by atoms with van der Waals surface area (Å²) in [6.07, 6.45) is 3.36. The van der Waals surface area contributed by atoms with Crippen molar-refractivity contribution in [1.29, 1.82) is 0 Å². The molecule has 1 rings (SSSR count). The van der Waals surface area contributed by atoms with Crippen molar-refractivity contribution in [1.82, 2.24) is 14.7 Å². The number of carbonyl (C=O) groups excluding carboxylic acids is 1. The molecule has 1 heterocycles. The van der Waals surface area contributed by atoms with Crippen molar-refractivity contribution in [3.63, 3.8) is 0 Å². The van der Waals surface area contributed by atoms with E-state index in [-0.39, 0.29) is 18.5 Å². The van der Waals surface area contributed by atoms with E-state index in [4.69, 9.17) is 19.9 Å². The lowest BCUT2D eigenvalue weighted by atomic mass is 10.2. The summed E-state index contributed by atoms with van der Waals surface area (Å²) in [5.41, 5.74) is 6.51. The van der Waals surface area contributed by atoms with E-state index in [1.165, 1.54) is 7.11 Å². The van der Waals surface area contributed by atoms with Crippen LogP contribution in [0, 0.1) is 0 Å². The molecule has 0 aromatic rings. The molecule has 0 unspecified atom stereocenters. The summed E-state index contributed by atoms with van der Waals surface area (Å²) < 4.78 is 15.6. The number of rotatable bonds is 18. The second kappa shape index (κ2) is 18.0. The number of carbonyl (C=O) groups is 1. The van der Waals surface area contributed by atoms with Crippen LogP contribution >= 0.6 is 0 Å². The Bertz CT molecular complexity index is 676. The van der Waals surface area contributed by atoms with Crippen LogP contribution in [0.5, 0.6) is 0 Å². The number of amidine groups is 1. The van der Waals surface area contributed by atoms with Crippen molar-refractivity contribution in [2.75, 3.05) is 80.1 Å². The number of nitrogens with zero attached hydrogens (tertiary/aromatic N) is 6. The first-order valence-corrected chi connectivity index (χ1v) is 11.8. The SMILES string of the molecule is C=NC(=C(/N=C)N(CCCN1CCN(CCC(=O)OC)CC1)COC)/C(N)=N\COCCCC. The molecule has 0 saturated carbocycles. The highest BCUT2D eigenvalue weighted by Crippen LogP contribution is 2.15. The van der Waals surface area contributed by atoms with Gasteiger partial charge in [0.1, 0.15) is 19.2 Å². The third-order valence-electron chi connectivity index (χ3n) is 5.54.